The van der Waals surface area contributed by atoms with Gasteiger partial charge in [0.15, 0.2) is 4.96 Å². The van der Waals surface area contributed by atoms with Crippen molar-refractivity contribution in [3.63, 3.8) is 0 Å². The summed E-state index contributed by atoms with van der Waals surface area (Å²) in [5.41, 5.74) is 6.02. The van der Waals surface area contributed by atoms with Gasteiger partial charge in [0.05, 0.1) is 22.0 Å². The predicted octanol–water partition coefficient (Wildman–Crippen LogP) is 6.31. The molecule has 0 fully saturated rings. The Morgan fingerprint density at radius 1 is 0.793 bits per heavy atom. The Balaban J connectivity index is 1.78. The van der Waals surface area contributed by atoms with Crippen molar-refractivity contribution in [3.05, 3.63) is 100 Å². The number of non-ortho nitro benzene ring substituents is 1. The molecule has 0 aliphatic carbocycles. The highest BCUT2D eigenvalue weighted by Gasteiger charge is 2.20. The van der Waals surface area contributed by atoms with Gasteiger partial charge in [-0.3, -0.25) is 14.5 Å². The summed E-state index contributed by atoms with van der Waals surface area (Å²) in [7, 11) is 0. The van der Waals surface area contributed by atoms with Gasteiger partial charge >= 0.3 is 0 Å². The Bertz CT molecular complexity index is 1310. The van der Waals surface area contributed by atoms with Crippen LogP contribution in [-0.4, -0.2) is 14.3 Å². The molecule has 0 aliphatic rings. The summed E-state index contributed by atoms with van der Waals surface area (Å²) in [6.07, 6.45) is 0. The summed E-state index contributed by atoms with van der Waals surface area (Å²) in [5, 5.41) is 13.0. The van der Waals surface area contributed by atoms with Gasteiger partial charge in [0, 0.05) is 28.6 Å². The van der Waals surface area contributed by atoms with E-state index >= 15 is 0 Å². The first-order valence-electron chi connectivity index (χ1n) is 9.08. The van der Waals surface area contributed by atoms with Crippen LogP contribution in [0.2, 0.25) is 0 Å². The van der Waals surface area contributed by atoms with Gasteiger partial charge in [-0.05, 0) is 17.7 Å². The van der Waals surface area contributed by atoms with Crippen LogP contribution in [0.5, 0.6) is 0 Å². The van der Waals surface area contributed by atoms with E-state index in [0.29, 0.717) is 0 Å². The number of rotatable bonds is 4. The van der Waals surface area contributed by atoms with E-state index < -0.39 is 0 Å². The highest BCUT2D eigenvalue weighted by molar-refractivity contribution is 7.15. The van der Waals surface area contributed by atoms with Crippen LogP contribution in [0.3, 0.4) is 0 Å². The zero-order valence-electron chi connectivity index (χ0n) is 15.2. The Labute approximate surface area is 170 Å². The molecule has 6 heteroatoms. The maximum Gasteiger partial charge on any atom is 0.269 e. The number of hydrogen-bond donors (Lipinski definition) is 0. The normalized spacial score (nSPS) is 11.0. The quantitative estimate of drug-likeness (QED) is 0.264. The number of aromatic nitrogens is 2. The highest BCUT2D eigenvalue weighted by Crippen LogP contribution is 2.38. The number of hydrogen-bond acceptors (Lipinski definition) is 4. The number of imidazole rings is 1. The van der Waals surface area contributed by atoms with E-state index in [2.05, 4.69) is 28.7 Å². The first-order valence-corrected chi connectivity index (χ1v) is 9.96. The minimum Gasteiger partial charge on any atom is -0.282 e. The number of fused-ring (bicyclic) bond motifs is 1. The van der Waals surface area contributed by atoms with Crippen LogP contribution in [0.1, 0.15) is 0 Å². The number of nitrogens with zero attached hydrogens (tertiary/aromatic N) is 3. The van der Waals surface area contributed by atoms with Gasteiger partial charge in [-0.1, -0.05) is 60.7 Å². The Morgan fingerprint density at radius 3 is 2.03 bits per heavy atom. The van der Waals surface area contributed by atoms with E-state index in [9.17, 15) is 10.1 Å². The van der Waals surface area contributed by atoms with Crippen molar-refractivity contribution in [2.24, 2.45) is 0 Å². The number of nitro groups is 1. The number of thiazole rings is 1. The number of benzene rings is 3. The molecule has 0 unspecified atom stereocenters. The van der Waals surface area contributed by atoms with Crippen LogP contribution in [0.25, 0.3) is 38.7 Å². The Hall–Kier alpha value is -3.77. The van der Waals surface area contributed by atoms with E-state index in [1.165, 1.54) is 12.1 Å². The van der Waals surface area contributed by atoms with Crippen molar-refractivity contribution in [1.82, 2.24) is 9.38 Å². The fourth-order valence-electron chi connectivity index (χ4n) is 3.47. The van der Waals surface area contributed by atoms with Gasteiger partial charge in [-0.25, -0.2) is 4.98 Å². The molecule has 2 heterocycles. The van der Waals surface area contributed by atoms with Crippen LogP contribution >= 0.6 is 11.3 Å². The van der Waals surface area contributed by atoms with E-state index in [1.807, 2.05) is 41.8 Å². The fourth-order valence-corrected chi connectivity index (χ4v) is 4.37. The van der Waals surface area contributed by atoms with Gasteiger partial charge < -0.3 is 0 Å². The summed E-state index contributed by atoms with van der Waals surface area (Å²) in [6.45, 7) is 0. The topological polar surface area (TPSA) is 60.4 Å². The Kier molecular flexibility index (Phi) is 4.18. The monoisotopic (exact) mass is 397 g/mol. The second-order valence-electron chi connectivity index (χ2n) is 6.58. The molecule has 0 radical (unpaired) electrons. The molecule has 0 saturated heterocycles. The van der Waals surface area contributed by atoms with Crippen molar-refractivity contribution >= 4 is 22.0 Å². The molecule has 0 aliphatic heterocycles. The SMILES string of the molecule is O=[N+]([O-])c1ccc(-c2csc3nc(-c4ccccc4)c(-c4ccccc4)n23)cc1. The average molecular weight is 397 g/mol. The van der Waals surface area contributed by atoms with E-state index in [-0.39, 0.29) is 10.6 Å². The highest BCUT2D eigenvalue weighted by atomic mass is 32.1. The van der Waals surface area contributed by atoms with Crippen LogP contribution in [0.15, 0.2) is 90.3 Å². The molecule has 0 bridgehead atoms. The molecule has 0 N–H and O–H groups in total. The first-order chi connectivity index (χ1) is 14.2. The molecular formula is C23H15N3O2S. The van der Waals surface area contributed by atoms with Crippen molar-refractivity contribution in [2.75, 3.05) is 0 Å². The molecule has 3 aromatic carbocycles. The third-order valence-corrected chi connectivity index (χ3v) is 5.66. The van der Waals surface area contributed by atoms with Gasteiger partial charge in [0.2, 0.25) is 0 Å². The standard InChI is InChI=1S/C23H15N3O2S/c27-26(28)19-13-11-16(12-14-19)20-15-29-23-24-21(17-7-3-1-4-8-17)22(25(20)23)18-9-5-2-6-10-18/h1-15H. The minimum atomic E-state index is -0.382. The van der Waals surface area contributed by atoms with Crippen molar-refractivity contribution in [2.45, 2.75) is 0 Å². The lowest BCUT2D eigenvalue weighted by atomic mass is 10.0. The second-order valence-corrected chi connectivity index (χ2v) is 7.42. The third-order valence-electron chi connectivity index (χ3n) is 4.83. The van der Waals surface area contributed by atoms with Gasteiger partial charge in [0.25, 0.3) is 5.69 Å². The van der Waals surface area contributed by atoms with Crippen molar-refractivity contribution < 1.29 is 4.92 Å². The molecule has 0 saturated carbocycles. The molecule has 29 heavy (non-hydrogen) atoms. The molecule has 140 valence electrons. The van der Waals surface area contributed by atoms with Crippen LogP contribution < -0.4 is 0 Å². The summed E-state index contributed by atoms with van der Waals surface area (Å²) >= 11 is 1.56. The largest absolute Gasteiger partial charge is 0.282 e. The second kappa shape index (κ2) is 7.00. The minimum absolute atomic E-state index is 0.0825. The molecule has 5 rings (SSSR count). The summed E-state index contributed by atoms with van der Waals surface area (Å²) in [5.74, 6) is 0. The zero-order chi connectivity index (χ0) is 19.8. The molecule has 5 aromatic rings. The summed E-state index contributed by atoms with van der Waals surface area (Å²) in [6, 6.07) is 27.0. The molecular weight excluding hydrogens is 382 g/mol. The molecule has 2 aromatic heterocycles. The van der Waals surface area contributed by atoms with Gasteiger partial charge in [-0.2, -0.15) is 0 Å². The van der Waals surface area contributed by atoms with Crippen LogP contribution in [0.4, 0.5) is 5.69 Å². The van der Waals surface area contributed by atoms with Crippen molar-refractivity contribution in [1.29, 1.82) is 0 Å². The fraction of sp³-hybridized carbons (Fsp3) is 0. The number of nitro benzene ring substituents is 1. The molecule has 0 amide bonds. The molecule has 0 spiro atoms. The average Bonchev–Trinajstić information content (AvgIpc) is 3.34. The first kappa shape index (κ1) is 17.3. The van der Waals surface area contributed by atoms with Gasteiger partial charge in [-0.15, -0.1) is 11.3 Å². The lowest BCUT2D eigenvalue weighted by molar-refractivity contribution is -0.384. The Morgan fingerprint density at radius 2 is 1.41 bits per heavy atom. The van der Waals surface area contributed by atoms with Crippen molar-refractivity contribution in [3.8, 4) is 33.8 Å². The zero-order valence-corrected chi connectivity index (χ0v) is 16.0. The van der Waals surface area contributed by atoms with Gasteiger partial charge in [0.1, 0.15) is 0 Å². The maximum atomic E-state index is 11.0. The van der Waals surface area contributed by atoms with E-state index in [1.54, 1.807) is 23.5 Å². The van der Waals surface area contributed by atoms with E-state index in [0.717, 1.165) is 38.7 Å². The van der Waals surface area contributed by atoms with Crippen LogP contribution in [0, 0.1) is 10.1 Å². The third kappa shape index (κ3) is 2.99. The maximum absolute atomic E-state index is 11.0. The van der Waals surface area contributed by atoms with Crippen LogP contribution in [-0.2, 0) is 0 Å². The smallest absolute Gasteiger partial charge is 0.269 e. The predicted molar refractivity (Wildman–Crippen MR) is 116 cm³/mol. The lowest BCUT2D eigenvalue weighted by Gasteiger charge is -2.08. The molecule has 5 nitrogen and oxygen atoms in total. The lowest BCUT2D eigenvalue weighted by Crippen LogP contribution is -1.92. The molecule has 0 atom stereocenters. The van der Waals surface area contributed by atoms with E-state index in [4.69, 9.17) is 4.98 Å². The summed E-state index contributed by atoms with van der Waals surface area (Å²) in [4.78, 5) is 16.4. The summed E-state index contributed by atoms with van der Waals surface area (Å²) < 4.78 is 2.14.